The summed E-state index contributed by atoms with van der Waals surface area (Å²) in [5, 5.41) is 3.42. The minimum Gasteiger partial charge on any atom is -0.494 e. The highest BCUT2D eigenvalue weighted by molar-refractivity contribution is 5.29. The molecule has 112 valence electrons. The van der Waals surface area contributed by atoms with Crippen LogP contribution in [0, 0.1) is 11.7 Å². The number of nitrogens with zero attached hydrogens (tertiary/aromatic N) is 1. The molecule has 0 aliphatic carbocycles. The second-order valence-electron chi connectivity index (χ2n) is 5.50. The number of benzene rings is 1. The van der Waals surface area contributed by atoms with Gasteiger partial charge in [-0.2, -0.15) is 0 Å². The van der Waals surface area contributed by atoms with Crippen LogP contribution in [-0.4, -0.2) is 38.2 Å². The Hall–Kier alpha value is -1.13. The molecule has 4 heteroatoms. The minimum atomic E-state index is -0.271. The zero-order chi connectivity index (χ0) is 14.4. The lowest BCUT2D eigenvalue weighted by Crippen LogP contribution is -2.36. The normalized spacial score (nSPS) is 17.4. The van der Waals surface area contributed by atoms with Crippen molar-refractivity contribution in [3.63, 3.8) is 0 Å². The Kier molecular flexibility index (Phi) is 5.80. The molecule has 1 heterocycles. The number of methoxy groups -OCH3 is 1. The van der Waals surface area contributed by atoms with Gasteiger partial charge in [0.2, 0.25) is 0 Å². The maximum atomic E-state index is 13.7. The average Bonchev–Trinajstić information content (AvgIpc) is 2.47. The molecule has 0 aromatic heterocycles. The molecule has 0 spiro atoms. The fraction of sp³-hybridized carbons (Fsp3) is 0.625. The van der Waals surface area contributed by atoms with Crippen molar-refractivity contribution >= 4 is 0 Å². The SMILES string of the molecule is CCNCC1CCN(Cc2ccc(OC)c(F)c2)CC1. The number of rotatable bonds is 6. The lowest BCUT2D eigenvalue weighted by atomic mass is 9.96. The van der Waals surface area contributed by atoms with Crippen molar-refractivity contribution in [3.05, 3.63) is 29.6 Å². The Morgan fingerprint density at radius 2 is 2.10 bits per heavy atom. The van der Waals surface area contributed by atoms with E-state index < -0.39 is 0 Å². The predicted molar refractivity (Wildman–Crippen MR) is 79.5 cm³/mol. The van der Waals surface area contributed by atoms with Gasteiger partial charge in [-0.15, -0.1) is 0 Å². The zero-order valence-corrected chi connectivity index (χ0v) is 12.5. The van der Waals surface area contributed by atoms with Crippen LogP contribution in [0.2, 0.25) is 0 Å². The van der Waals surface area contributed by atoms with E-state index >= 15 is 0 Å². The first-order valence-corrected chi connectivity index (χ1v) is 7.48. The van der Waals surface area contributed by atoms with Crippen LogP contribution >= 0.6 is 0 Å². The van der Waals surface area contributed by atoms with Crippen molar-refractivity contribution < 1.29 is 9.13 Å². The molecule has 1 fully saturated rings. The highest BCUT2D eigenvalue weighted by atomic mass is 19.1. The summed E-state index contributed by atoms with van der Waals surface area (Å²) in [5.41, 5.74) is 1.02. The van der Waals surface area contributed by atoms with Gasteiger partial charge in [-0.05, 0) is 62.6 Å². The van der Waals surface area contributed by atoms with Crippen molar-refractivity contribution in [2.24, 2.45) is 5.92 Å². The molecule has 3 nitrogen and oxygen atoms in total. The lowest BCUT2D eigenvalue weighted by Gasteiger charge is -2.32. The molecule has 0 saturated carbocycles. The predicted octanol–water partition coefficient (Wildman–Crippen LogP) is 2.66. The maximum absolute atomic E-state index is 13.7. The Balaban J connectivity index is 1.82. The Morgan fingerprint density at radius 3 is 2.70 bits per heavy atom. The van der Waals surface area contributed by atoms with Gasteiger partial charge in [0, 0.05) is 6.54 Å². The summed E-state index contributed by atoms with van der Waals surface area (Å²) in [6.45, 7) is 7.35. The molecule has 0 unspecified atom stereocenters. The van der Waals surface area contributed by atoms with Crippen LogP contribution < -0.4 is 10.1 Å². The van der Waals surface area contributed by atoms with Gasteiger partial charge in [0.15, 0.2) is 11.6 Å². The van der Waals surface area contributed by atoms with Crippen LogP contribution in [0.4, 0.5) is 4.39 Å². The molecule has 1 saturated heterocycles. The largest absolute Gasteiger partial charge is 0.494 e. The van der Waals surface area contributed by atoms with E-state index in [1.54, 1.807) is 12.1 Å². The second-order valence-corrected chi connectivity index (χ2v) is 5.50. The molecule has 0 atom stereocenters. The van der Waals surface area contributed by atoms with Crippen LogP contribution in [-0.2, 0) is 6.54 Å². The van der Waals surface area contributed by atoms with Gasteiger partial charge in [-0.1, -0.05) is 13.0 Å². The monoisotopic (exact) mass is 280 g/mol. The van der Waals surface area contributed by atoms with Gasteiger partial charge in [-0.3, -0.25) is 4.90 Å². The molecular weight excluding hydrogens is 255 g/mol. The smallest absolute Gasteiger partial charge is 0.165 e. The Labute approximate surface area is 121 Å². The molecule has 2 rings (SSSR count). The van der Waals surface area contributed by atoms with E-state index in [1.165, 1.54) is 20.0 Å². The Bertz CT molecular complexity index is 417. The third-order valence-corrected chi connectivity index (χ3v) is 4.01. The average molecular weight is 280 g/mol. The van der Waals surface area contributed by atoms with Crippen molar-refractivity contribution in [2.75, 3.05) is 33.3 Å². The lowest BCUT2D eigenvalue weighted by molar-refractivity contribution is 0.175. The second kappa shape index (κ2) is 7.60. The topological polar surface area (TPSA) is 24.5 Å². The molecule has 0 bridgehead atoms. The van der Waals surface area contributed by atoms with E-state index in [4.69, 9.17) is 4.74 Å². The number of likely N-dealkylation sites (tertiary alicyclic amines) is 1. The van der Waals surface area contributed by atoms with Crippen molar-refractivity contribution in [1.29, 1.82) is 0 Å². The van der Waals surface area contributed by atoms with E-state index in [-0.39, 0.29) is 5.82 Å². The molecule has 1 aromatic carbocycles. The van der Waals surface area contributed by atoms with E-state index in [0.717, 1.165) is 44.2 Å². The first-order chi connectivity index (χ1) is 9.72. The summed E-state index contributed by atoms with van der Waals surface area (Å²) >= 11 is 0. The molecule has 0 radical (unpaired) electrons. The summed E-state index contributed by atoms with van der Waals surface area (Å²) in [6.07, 6.45) is 2.46. The highest BCUT2D eigenvalue weighted by Gasteiger charge is 2.19. The first-order valence-electron chi connectivity index (χ1n) is 7.48. The van der Waals surface area contributed by atoms with Crippen LogP contribution in [0.3, 0.4) is 0 Å². The van der Waals surface area contributed by atoms with Crippen LogP contribution in [0.1, 0.15) is 25.3 Å². The van der Waals surface area contributed by atoms with Crippen molar-refractivity contribution in [3.8, 4) is 5.75 Å². The number of piperidine rings is 1. The van der Waals surface area contributed by atoms with Gasteiger partial charge in [0.1, 0.15) is 0 Å². The van der Waals surface area contributed by atoms with Crippen molar-refractivity contribution in [2.45, 2.75) is 26.3 Å². The maximum Gasteiger partial charge on any atom is 0.165 e. The summed E-state index contributed by atoms with van der Waals surface area (Å²) < 4.78 is 18.6. The standard InChI is InChI=1S/C16H25FN2O/c1-3-18-11-13-6-8-19(9-7-13)12-14-4-5-16(20-2)15(17)10-14/h4-5,10,13,18H,3,6-9,11-12H2,1-2H3. The summed E-state index contributed by atoms with van der Waals surface area (Å²) in [6, 6.07) is 5.25. The van der Waals surface area contributed by atoms with Crippen LogP contribution in [0.25, 0.3) is 0 Å². The first kappa shape index (κ1) is 15.3. The van der Waals surface area contributed by atoms with E-state index in [9.17, 15) is 4.39 Å². The summed E-state index contributed by atoms with van der Waals surface area (Å²) in [4.78, 5) is 2.41. The number of hydrogen-bond donors (Lipinski definition) is 1. The minimum absolute atomic E-state index is 0.271. The van der Waals surface area contributed by atoms with E-state index in [2.05, 4.69) is 17.1 Å². The van der Waals surface area contributed by atoms with Gasteiger partial charge in [0.25, 0.3) is 0 Å². The van der Waals surface area contributed by atoms with Crippen LogP contribution in [0.15, 0.2) is 18.2 Å². The number of nitrogens with one attached hydrogen (secondary N) is 1. The molecule has 0 amide bonds. The zero-order valence-electron chi connectivity index (χ0n) is 12.5. The van der Waals surface area contributed by atoms with E-state index in [1.807, 2.05) is 6.07 Å². The molecule has 20 heavy (non-hydrogen) atoms. The fourth-order valence-electron chi connectivity index (χ4n) is 2.76. The third-order valence-electron chi connectivity index (χ3n) is 4.01. The van der Waals surface area contributed by atoms with Crippen molar-refractivity contribution in [1.82, 2.24) is 10.2 Å². The van der Waals surface area contributed by atoms with Gasteiger partial charge in [-0.25, -0.2) is 4.39 Å². The quantitative estimate of drug-likeness (QED) is 0.867. The fourth-order valence-corrected chi connectivity index (χ4v) is 2.76. The molecule has 1 aliphatic heterocycles. The number of ether oxygens (including phenoxy) is 1. The van der Waals surface area contributed by atoms with E-state index in [0.29, 0.717) is 5.75 Å². The molecule has 1 N–H and O–H groups in total. The highest BCUT2D eigenvalue weighted by Crippen LogP contribution is 2.21. The molecule has 1 aromatic rings. The number of hydrogen-bond acceptors (Lipinski definition) is 3. The van der Waals surface area contributed by atoms with Gasteiger partial charge in [0.05, 0.1) is 7.11 Å². The summed E-state index contributed by atoms with van der Waals surface area (Å²) in [7, 11) is 1.49. The Morgan fingerprint density at radius 1 is 1.35 bits per heavy atom. The number of halogens is 1. The third kappa shape index (κ3) is 4.18. The van der Waals surface area contributed by atoms with Gasteiger partial charge < -0.3 is 10.1 Å². The molecular formula is C16H25FN2O. The summed E-state index contributed by atoms with van der Waals surface area (Å²) in [5.74, 6) is 0.837. The van der Waals surface area contributed by atoms with Gasteiger partial charge >= 0.3 is 0 Å². The molecule has 1 aliphatic rings. The van der Waals surface area contributed by atoms with Crippen LogP contribution in [0.5, 0.6) is 5.75 Å².